The molecule has 0 amide bonds. The standard InChI is InChI=1S/C13H13F3N2S/c14-13(15,16)9-3-1-2-4-10(9)18-12-17-7-11(19-12)8-5-6-8/h1-4,8,11H,5-7H2,(H,17,18). The molecule has 1 saturated carbocycles. The van der Waals surface area contributed by atoms with E-state index in [-0.39, 0.29) is 5.69 Å². The predicted molar refractivity (Wildman–Crippen MR) is 71.5 cm³/mol. The Balaban J connectivity index is 1.73. The van der Waals surface area contributed by atoms with Gasteiger partial charge < -0.3 is 5.32 Å². The number of nitrogens with one attached hydrogen (secondary N) is 1. The van der Waals surface area contributed by atoms with Gasteiger partial charge in [0.05, 0.1) is 17.8 Å². The molecule has 1 aromatic rings. The van der Waals surface area contributed by atoms with E-state index in [1.165, 1.54) is 25.0 Å². The lowest BCUT2D eigenvalue weighted by Crippen LogP contribution is -2.14. The van der Waals surface area contributed by atoms with Crippen LogP contribution in [-0.4, -0.2) is 17.0 Å². The first kappa shape index (κ1) is 12.8. The average molecular weight is 286 g/mol. The van der Waals surface area contributed by atoms with Crippen LogP contribution < -0.4 is 5.32 Å². The third kappa shape index (κ3) is 2.88. The molecule has 1 aliphatic carbocycles. The predicted octanol–water partition coefficient (Wildman–Crippen LogP) is 4.00. The summed E-state index contributed by atoms with van der Waals surface area (Å²) in [6.07, 6.45) is -1.90. The second-order valence-electron chi connectivity index (χ2n) is 4.81. The molecular weight excluding hydrogens is 273 g/mol. The molecule has 0 aromatic heterocycles. The summed E-state index contributed by atoms with van der Waals surface area (Å²) >= 11 is 1.57. The normalized spacial score (nSPS) is 23.3. The lowest BCUT2D eigenvalue weighted by molar-refractivity contribution is -0.136. The van der Waals surface area contributed by atoms with Crippen LogP contribution in [0.4, 0.5) is 18.9 Å². The van der Waals surface area contributed by atoms with E-state index in [2.05, 4.69) is 10.3 Å². The second kappa shape index (κ2) is 4.74. The smallest absolute Gasteiger partial charge is 0.334 e. The molecule has 2 aliphatic rings. The zero-order valence-electron chi connectivity index (χ0n) is 10.1. The third-order valence-corrected chi connectivity index (χ3v) is 4.59. The zero-order valence-corrected chi connectivity index (χ0v) is 10.9. The molecule has 19 heavy (non-hydrogen) atoms. The fourth-order valence-corrected chi connectivity index (χ4v) is 3.35. The maximum absolute atomic E-state index is 12.9. The van der Waals surface area contributed by atoms with E-state index < -0.39 is 11.7 Å². The summed E-state index contributed by atoms with van der Waals surface area (Å²) < 4.78 is 38.6. The van der Waals surface area contributed by atoms with Crippen molar-refractivity contribution in [2.24, 2.45) is 10.9 Å². The first-order valence-corrected chi connectivity index (χ1v) is 7.06. The molecule has 0 bridgehead atoms. The van der Waals surface area contributed by atoms with Gasteiger partial charge in [0, 0.05) is 5.25 Å². The van der Waals surface area contributed by atoms with Crippen molar-refractivity contribution in [3.63, 3.8) is 0 Å². The van der Waals surface area contributed by atoms with Crippen molar-refractivity contribution in [2.45, 2.75) is 24.3 Å². The van der Waals surface area contributed by atoms with E-state index in [9.17, 15) is 13.2 Å². The second-order valence-corrected chi connectivity index (χ2v) is 6.04. The highest BCUT2D eigenvalue weighted by atomic mass is 32.2. The van der Waals surface area contributed by atoms with Crippen molar-refractivity contribution in [1.82, 2.24) is 0 Å². The Kier molecular flexibility index (Phi) is 3.20. The van der Waals surface area contributed by atoms with Gasteiger partial charge in [-0.2, -0.15) is 13.2 Å². The SMILES string of the molecule is FC(F)(F)c1ccccc1NC1=NCC(C2CC2)S1. The number of aliphatic imine (C=N–C) groups is 1. The van der Waals surface area contributed by atoms with Crippen LogP contribution in [0.2, 0.25) is 0 Å². The molecule has 1 N–H and O–H groups in total. The van der Waals surface area contributed by atoms with Crippen LogP contribution in [0.15, 0.2) is 29.3 Å². The van der Waals surface area contributed by atoms with Gasteiger partial charge in [0.15, 0.2) is 5.17 Å². The number of para-hydroxylation sites is 1. The summed E-state index contributed by atoms with van der Waals surface area (Å²) in [6, 6.07) is 5.51. The molecule has 1 fully saturated rings. The molecular formula is C13H13F3N2S. The maximum Gasteiger partial charge on any atom is 0.418 e. The van der Waals surface area contributed by atoms with Gasteiger partial charge in [0.1, 0.15) is 0 Å². The summed E-state index contributed by atoms with van der Waals surface area (Å²) in [5, 5.41) is 3.87. The largest absolute Gasteiger partial charge is 0.418 e. The third-order valence-electron chi connectivity index (χ3n) is 3.30. The van der Waals surface area contributed by atoms with Crippen LogP contribution in [0.5, 0.6) is 0 Å². The van der Waals surface area contributed by atoms with Crippen molar-refractivity contribution in [3.05, 3.63) is 29.8 Å². The number of anilines is 1. The van der Waals surface area contributed by atoms with E-state index in [0.717, 1.165) is 6.07 Å². The number of thioether (sulfide) groups is 1. The van der Waals surface area contributed by atoms with Crippen LogP contribution in [0.1, 0.15) is 18.4 Å². The fraction of sp³-hybridized carbons (Fsp3) is 0.462. The Morgan fingerprint density at radius 3 is 2.63 bits per heavy atom. The maximum atomic E-state index is 12.9. The number of nitrogens with zero attached hydrogens (tertiary/aromatic N) is 1. The molecule has 0 radical (unpaired) electrons. The van der Waals surface area contributed by atoms with Gasteiger partial charge in [-0.05, 0) is 30.9 Å². The number of hydrogen-bond acceptors (Lipinski definition) is 3. The highest BCUT2D eigenvalue weighted by molar-refractivity contribution is 8.15. The molecule has 1 aliphatic heterocycles. The van der Waals surface area contributed by atoms with Gasteiger partial charge in [0.2, 0.25) is 0 Å². The Morgan fingerprint density at radius 1 is 1.21 bits per heavy atom. The average Bonchev–Trinajstić information content (AvgIpc) is 3.10. The van der Waals surface area contributed by atoms with Gasteiger partial charge in [-0.25, -0.2) is 0 Å². The van der Waals surface area contributed by atoms with Crippen LogP contribution >= 0.6 is 11.8 Å². The highest BCUT2D eigenvalue weighted by Crippen LogP contribution is 2.42. The van der Waals surface area contributed by atoms with E-state index in [0.29, 0.717) is 22.9 Å². The van der Waals surface area contributed by atoms with E-state index in [1.807, 2.05) is 0 Å². The van der Waals surface area contributed by atoms with Crippen molar-refractivity contribution in [3.8, 4) is 0 Å². The summed E-state index contributed by atoms with van der Waals surface area (Å²) in [5.41, 5.74) is -0.564. The van der Waals surface area contributed by atoms with E-state index in [1.54, 1.807) is 17.8 Å². The van der Waals surface area contributed by atoms with Crippen LogP contribution in [0.25, 0.3) is 0 Å². The lowest BCUT2D eigenvalue weighted by Gasteiger charge is -2.14. The minimum absolute atomic E-state index is 0.0812. The number of alkyl halides is 3. The first-order chi connectivity index (χ1) is 9.04. The molecule has 0 spiro atoms. The summed E-state index contributed by atoms with van der Waals surface area (Å²) in [6.45, 7) is 0.714. The zero-order chi connectivity index (χ0) is 13.5. The van der Waals surface area contributed by atoms with Crippen molar-refractivity contribution < 1.29 is 13.2 Å². The van der Waals surface area contributed by atoms with Crippen LogP contribution in [0, 0.1) is 5.92 Å². The van der Waals surface area contributed by atoms with Crippen molar-refractivity contribution in [2.75, 3.05) is 11.9 Å². The van der Waals surface area contributed by atoms with Crippen molar-refractivity contribution >= 4 is 22.6 Å². The number of rotatable bonds is 2. The van der Waals surface area contributed by atoms with Gasteiger partial charge in [0.25, 0.3) is 0 Å². The fourth-order valence-electron chi connectivity index (χ4n) is 2.13. The minimum atomic E-state index is -4.34. The number of halogens is 3. The van der Waals surface area contributed by atoms with Gasteiger partial charge in [-0.1, -0.05) is 23.9 Å². The Labute approximate surface area is 113 Å². The molecule has 3 rings (SSSR count). The van der Waals surface area contributed by atoms with Gasteiger partial charge >= 0.3 is 6.18 Å². The summed E-state index contributed by atoms with van der Waals surface area (Å²) in [7, 11) is 0. The minimum Gasteiger partial charge on any atom is -0.334 e. The number of hydrogen-bond donors (Lipinski definition) is 1. The molecule has 0 saturated heterocycles. The quantitative estimate of drug-likeness (QED) is 0.888. The Bertz CT molecular complexity index is 509. The van der Waals surface area contributed by atoms with E-state index >= 15 is 0 Å². The number of benzene rings is 1. The van der Waals surface area contributed by atoms with Crippen LogP contribution in [0.3, 0.4) is 0 Å². The molecule has 1 heterocycles. The van der Waals surface area contributed by atoms with Gasteiger partial charge in [-0.3, -0.25) is 4.99 Å². The Hall–Kier alpha value is -1.17. The highest BCUT2D eigenvalue weighted by Gasteiger charge is 2.37. The topological polar surface area (TPSA) is 24.4 Å². The first-order valence-electron chi connectivity index (χ1n) is 6.18. The van der Waals surface area contributed by atoms with Gasteiger partial charge in [-0.15, -0.1) is 0 Å². The molecule has 102 valence electrons. The number of amidine groups is 1. The molecule has 2 nitrogen and oxygen atoms in total. The Morgan fingerprint density at radius 2 is 1.95 bits per heavy atom. The molecule has 6 heteroatoms. The lowest BCUT2D eigenvalue weighted by atomic mass is 10.2. The summed E-state index contributed by atoms with van der Waals surface area (Å²) in [4.78, 5) is 4.30. The van der Waals surface area contributed by atoms with Crippen molar-refractivity contribution in [1.29, 1.82) is 0 Å². The van der Waals surface area contributed by atoms with E-state index in [4.69, 9.17) is 0 Å². The summed E-state index contributed by atoms with van der Waals surface area (Å²) in [5.74, 6) is 0.700. The molecule has 1 atom stereocenters. The molecule has 1 aromatic carbocycles. The molecule has 1 unspecified atom stereocenters. The monoisotopic (exact) mass is 286 g/mol. The van der Waals surface area contributed by atoms with Crippen LogP contribution in [-0.2, 0) is 6.18 Å².